The number of pyridine rings is 1. The van der Waals surface area contributed by atoms with Crippen molar-refractivity contribution in [3.05, 3.63) is 51.3 Å². The van der Waals surface area contributed by atoms with Gasteiger partial charge in [0.15, 0.2) is 11.6 Å². The predicted molar refractivity (Wildman–Crippen MR) is 173 cm³/mol. The highest BCUT2D eigenvalue weighted by Gasteiger charge is 2.47. The Bertz CT molecular complexity index is 1830. The Kier molecular flexibility index (Phi) is 8.87. The summed E-state index contributed by atoms with van der Waals surface area (Å²) in [5, 5.41) is 4.27. The molecule has 14 heteroatoms. The van der Waals surface area contributed by atoms with E-state index in [1.54, 1.807) is 6.07 Å². The molecule has 2 aliphatic heterocycles. The van der Waals surface area contributed by atoms with E-state index in [2.05, 4.69) is 31.8 Å². The van der Waals surface area contributed by atoms with Crippen molar-refractivity contribution in [1.29, 1.82) is 0 Å². The lowest BCUT2D eigenvalue weighted by atomic mass is 9.81. The number of aryl methyl sites for hydroxylation is 1. The first-order valence-corrected chi connectivity index (χ1v) is 16.5. The number of rotatable bonds is 4. The van der Waals surface area contributed by atoms with Gasteiger partial charge in [0.2, 0.25) is 5.28 Å². The quantitative estimate of drug-likeness (QED) is 0.232. The van der Waals surface area contributed by atoms with Crippen molar-refractivity contribution in [2.45, 2.75) is 104 Å². The molecule has 256 valence electrons. The van der Waals surface area contributed by atoms with Gasteiger partial charge in [0.25, 0.3) is 0 Å². The molecule has 6 rings (SSSR count). The number of hydrogen-bond acceptors (Lipinski definition) is 7. The fourth-order valence-electron chi connectivity index (χ4n) is 7.40. The van der Waals surface area contributed by atoms with Gasteiger partial charge in [0.1, 0.15) is 18.2 Å². The molecule has 1 saturated carbocycles. The molecule has 3 aliphatic rings. The number of hydrogen-bond donors (Lipinski definition) is 1. The molecular formula is C34H38ClF4N7O2. The Hall–Kier alpha value is -3.89. The van der Waals surface area contributed by atoms with Gasteiger partial charge < -0.3 is 15.4 Å². The lowest BCUT2D eigenvalue weighted by molar-refractivity contribution is -0.137. The summed E-state index contributed by atoms with van der Waals surface area (Å²) in [6.07, 6.45) is -2.37. The molecule has 1 aliphatic carbocycles. The van der Waals surface area contributed by atoms with E-state index in [4.69, 9.17) is 22.1 Å². The van der Waals surface area contributed by atoms with Crippen LogP contribution in [-0.2, 0) is 12.7 Å². The van der Waals surface area contributed by atoms with Gasteiger partial charge in [0.05, 0.1) is 16.8 Å². The number of anilines is 1. The first-order valence-electron chi connectivity index (χ1n) is 16.1. The van der Waals surface area contributed by atoms with Crippen molar-refractivity contribution in [3.8, 4) is 28.8 Å². The number of nitrogens with zero attached hydrogens (tertiary/aromatic N) is 6. The summed E-state index contributed by atoms with van der Waals surface area (Å²) in [5.74, 6) is 4.79. The fraction of sp³-hybridized carbons (Fsp3) is 0.529. The topological polar surface area (TPSA) is 102 Å². The monoisotopic (exact) mass is 687 g/mol. The Balaban J connectivity index is 1.38. The summed E-state index contributed by atoms with van der Waals surface area (Å²) in [6, 6.07) is 1.66. The molecule has 4 atom stereocenters. The maximum absolute atomic E-state index is 16.7. The Labute approximate surface area is 281 Å². The van der Waals surface area contributed by atoms with E-state index in [0.29, 0.717) is 17.8 Å². The fourth-order valence-corrected chi connectivity index (χ4v) is 7.56. The second-order valence-corrected chi connectivity index (χ2v) is 13.7. The van der Waals surface area contributed by atoms with Crippen LogP contribution in [0.3, 0.4) is 0 Å². The summed E-state index contributed by atoms with van der Waals surface area (Å²) in [5.41, 5.74) is 4.11. The minimum atomic E-state index is -4.83. The van der Waals surface area contributed by atoms with E-state index in [-0.39, 0.29) is 83.2 Å². The van der Waals surface area contributed by atoms with Crippen molar-refractivity contribution in [2.24, 2.45) is 5.92 Å². The number of nitrogens with two attached hydrogens (primary N) is 1. The first-order chi connectivity index (χ1) is 22.6. The Morgan fingerprint density at radius 2 is 1.92 bits per heavy atom. The highest BCUT2D eigenvalue weighted by molar-refractivity contribution is 6.28. The summed E-state index contributed by atoms with van der Waals surface area (Å²) >= 11 is 6.16. The van der Waals surface area contributed by atoms with Crippen LogP contribution in [-0.4, -0.2) is 66.4 Å². The molecule has 0 spiro atoms. The molecule has 0 bridgehead atoms. The molecule has 4 heterocycles. The number of carbonyl (C=O) groups excluding carboxylic acids is 1. The van der Waals surface area contributed by atoms with E-state index in [0.717, 1.165) is 18.9 Å². The van der Waals surface area contributed by atoms with Gasteiger partial charge in [-0.3, -0.25) is 4.90 Å². The van der Waals surface area contributed by atoms with E-state index in [1.165, 1.54) is 18.5 Å². The SMILES string of the molecule is CC#Cc1cc2c(c(F)c1-c1nc(N)cc(C)c1C(F)(F)F)OC[C@H]1C(C)C(N(C(=O)n3nc(Cl)nc3C3CC3)C(C)C)CC(C)N1C2. The molecular weight excluding hydrogens is 650 g/mol. The normalized spacial score (nSPS) is 22.7. The van der Waals surface area contributed by atoms with Gasteiger partial charge in [0, 0.05) is 47.8 Å². The highest BCUT2D eigenvalue weighted by atomic mass is 35.5. The second-order valence-electron chi connectivity index (χ2n) is 13.3. The number of halogens is 5. The van der Waals surface area contributed by atoms with Gasteiger partial charge in [-0.1, -0.05) is 12.8 Å². The summed E-state index contributed by atoms with van der Waals surface area (Å²) < 4.78 is 67.2. The van der Waals surface area contributed by atoms with E-state index in [9.17, 15) is 18.0 Å². The van der Waals surface area contributed by atoms with Crippen LogP contribution in [0.15, 0.2) is 12.1 Å². The predicted octanol–water partition coefficient (Wildman–Crippen LogP) is 7.03. The van der Waals surface area contributed by atoms with Crippen molar-refractivity contribution in [3.63, 3.8) is 0 Å². The molecule has 48 heavy (non-hydrogen) atoms. The minimum absolute atomic E-state index is 0.0274. The third kappa shape index (κ3) is 5.98. The molecule has 3 aromatic rings. The average molecular weight is 688 g/mol. The van der Waals surface area contributed by atoms with Gasteiger partial charge in [-0.15, -0.1) is 11.0 Å². The molecule has 3 unspecified atom stereocenters. The third-order valence-electron chi connectivity index (χ3n) is 9.72. The lowest BCUT2D eigenvalue weighted by Gasteiger charge is -2.51. The molecule has 9 nitrogen and oxygen atoms in total. The molecule has 0 radical (unpaired) electrons. The van der Waals surface area contributed by atoms with Crippen molar-refractivity contribution >= 4 is 23.4 Å². The average Bonchev–Trinajstić information content (AvgIpc) is 3.78. The van der Waals surface area contributed by atoms with E-state index in [1.807, 2.05) is 32.6 Å². The van der Waals surface area contributed by atoms with Crippen LogP contribution in [0, 0.1) is 30.5 Å². The lowest BCUT2D eigenvalue weighted by Crippen LogP contribution is -2.62. The van der Waals surface area contributed by atoms with Crippen molar-refractivity contribution < 1.29 is 27.1 Å². The Morgan fingerprint density at radius 3 is 2.54 bits per heavy atom. The van der Waals surface area contributed by atoms with Crippen LogP contribution < -0.4 is 10.5 Å². The molecule has 2 N–H and O–H groups in total. The van der Waals surface area contributed by atoms with Gasteiger partial charge in [-0.25, -0.2) is 19.2 Å². The molecule has 2 fully saturated rings. The van der Waals surface area contributed by atoms with Gasteiger partial charge >= 0.3 is 12.2 Å². The summed E-state index contributed by atoms with van der Waals surface area (Å²) in [7, 11) is 0. The molecule has 2 aromatic heterocycles. The zero-order valence-electron chi connectivity index (χ0n) is 27.6. The van der Waals surface area contributed by atoms with Crippen LogP contribution in [0.2, 0.25) is 5.28 Å². The van der Waals surface area contributed by atoms with Crippen molar-refractivity contribution in [1.82, 2.24) is 29.5 Å². The molecule has 1 saturated heterocycles. The maximum Gasteiger partial charge on any atom is 0.418 e. The maximum atomic E-state index is 16.7. The van der Waals surface area contributed by atoms with E-state index >= 15 is 4.39 Å². The Morgan fingerprint density at radius 1 is 1.21 bits per heavy atom. The van der Waals surface area contributed by atoms with Crippen molar-refractivity contribution in [2.75, 3.05) is 12.3 Å². The standard InChI is InChI=1S/C34H38ClF4N7O2/c1-7-8-21-13-22-14-44-18(5)12-23(45(16(2)3)33(47)46-31(20-9-10-20)42-32(35)43-46)19(6)24(44)15-48-30(22)28(36)26(21)29-27(34(37,38)39)17(4)11-25(40)41-29/h11,13,16,18-20,23-24H,9-10,12,14-15H2,1-6H3,(H2,40,41)/t18?,19?,23?,24-/m0/s1. The van der Waals surface area contributed by atoms with Crippen LogP contribution in [0.1, 0.15) is 87.9 Å². The summed E-state index contributed by atoms with van der Waals surface area (Å²) in [4.78, 5) is 26.4. The number of alkyl halides is 3. The van der Waals surface area contributed by atoms with Crippen LogP contribution >= 0.6 is 11.6 Å². The van der Waals surface area contributed by atoms with Gasteiger partial charge in [-0.2, -0.15) is 17.9 Å². The first kappa shape index (κ1) is 34.0. The highest BCUT2D eigenvalue weighted by Crippen LogP contribution is 2.46. The number of ether oxygens (including phenoxy) is 1. The number of nitrogen functional groups attached to an aromatic ring is 1. The number of aromatic nitrogens is 4. The molecule has 1 amide bonds. The van der Waals surface area contributed by atoms with E-state index < -0.39 is 28.8 Å². The number of fused-ring (bicyclic) bond motifs is 2. The van der Waals surface area contributed by atoms with Crippen LogP contribution in [0.5, 0.6) is 5.75 Å². The van der Waals surface area contributed by atoms with Gasteiger partial charge in [-0.05, 0) is 89.1 Å². The smallest absolute Gasteiger partial charge is 0.418 e. The third-order valence-corrected chi connectivity index (χ3v) is 9.88. The molecule has 1 aromatic carbocycles. The number of benzene rings is 1. The van der Waals surface area contributed by atoms with Crippen LogP contribution in [0.25, 0.3) is 11.3 Å². The number of piperidine rings is 1. The zero-order valence-corrected chi connectivity index (χ0v) is 28.4. The number of amides is 1. The second kappa shape index (κ2) is 12.5. The summed E-state index contributed by atoms with van der Waals surface area (Å²) in [6.45, 7) is 11.1. The largest absolute Gasteiger partial charge is 0.489 e. The zero-order chi connectivity index (χ0) is 34.8. The minimum Gasteiger partial charge on any atom is -0.489 e. The van der Waals surface area contributed by atoms with Crippen LogP contribution in [0.4, 0.5) is 28.2 Å². The number of carbonyl (C=O) groups is 1.